The van der Waals surface area contributed by atoms with Crippen LogP contribution < -0.4 is 0 Å². The van der Waals surface area contributed by atoms with Crippen LogP contribution in [0.5, 0.6) is 0 Å². The molecule has 27 heavy (non-hydrogen) atoms. The fraction of sp³-hybridized carbons (Fsp3) is 0.211. The number of hydrogen-bond acceptors (Lipinski definition) is 5. The molecule has 0 aliphatic heterocycles. The fourth-order valence-corrected chi connectivity index (χ4v) is 2.87. The molecule has 0 fully saturated rings. The van der Waals surface area contributed by atoms with Crippen LogP contribution in [0, 0.1) is 5.82 Å². The van der Waals surface area contributed by atoms with Gasteiger partial charge in [0.25, 0.3) is 0 Å². The Labute approximate surface area is 160 Å². The third-order valence-electron chi connectivity index (χ3n) is 3.87. The Morgan fingerprint density at radius 2 is 1.96 bits per heavy atom. The van der Waals surface area contributed by atoms with Gasteiger partial charge in [0.15, 0.2) is 11.6 Å². The van der Waals surface area contributed by atoms with E-state index in [1.165, 1.54) is 28.9 Å². The summed E-state index contributed by atoms with van der Waals surface area (Å²) in [5, 5.41) is 14.0. The second-order valence-electron chi connectivity index (χ2n) is 6.22. The highest BCUT2D eigenvalue weighted by atomic mass is 35.5. The van der Waals surface area contributed by atoms with Crippen LogP contribution in [0.1, 0.15) is 27.6 Å². The van der Waals surface area contributed by atoms with E-state index in [2.05, 4.69) is 10.1 Å². The molecule has 0 radical (unpaired) electrons. The van der Waals surface area contributed by atoms with Crippen molar-refractivity contribution in [3.05, 3.63) is 76.1 Å². The van der Waals surface area contributed by atoms with Crippen molar-refractivity contribution >= 4 is 17.4 Å². The second kappa shape index (κ2) is 7.96. The van der Waals surface area contributed by atoms with Gasteiger partial charge in [-0.1, -0.05) is 23.7 Å². The summed E-state index contributed by atoms with van der Waals surface area (Å²) >= 11 is 6.09. The molecule has 0 bridgehead atoms. The summed E-state index contributed by atoms with van der Waals surface area (Å²) in [5.74, 6) is -0.362. The quantitative estimate of drug-likeness (QED) is 0.657. The lowest BCUT2D eigenvalue weighted by Gasteiger charge is -2.14. The van der Waals surface area contributed by atoms with Crippen molar-refractivity contribution in [3.8, 4) is 5.69 Å². The molecule has 0 saturated carbocycles. The van der Waals surface area contributed by atoms with Crippen LogP contribution in [0.2, 0.25) is 5.02 Å². The maximum Gasteiger partial charge on any atom is 0.198 e. The average Bonchev–Trinajstić information content (AvgIpc) is 3.03. The van der Waals surface area contributed by atoms with E-state index < -0.39 is 11.6 Å². The summed E-state index contributed by atoms with van der Waals surface area (Å²) in [6.45, 7) is 0.0978. The smallest absolute Gasteiger partial charge is 0.198 e. The lowest BCUT2D eigenvalue weighted by Crippen LogP contribution is -2.17. The normalized spacial score (nSPS) is 11.2. The minimum Gasteiger partial charge on any atom is -0.388 e. The Morgan fingerprint density at radius 1 is 1.22 bits per heavy atom. The van der Waals surface area contributed by atoms with Gasteiger partial charge in [-0.25, -0.2) is 14.1 Å². The molecule has 0 aliphatic carbocycles. The summed E-state index contributed by atoms with van der Waals surface area (Å²) in [6.07, 6.45) is 0. The highest BCUT2D eigenvalue weighted by Crippen LogP contribution is 2.24. The third-order valence-corrected chi connectivity index (χ3v) is 4.10. The van der Waals surface area contributed by atoms with Crippen molar-refractivity contribution in [1.82, 2.24) is 19.7 Å². The Kier molecular flexibility index (Phi) is 5.65. The Morgan fingerprint density at radius 3 is 2.63 bits per heavy atom. The standard InChI is InChI=1S/C19H18ClFN4O2/c1-24(2)10-18-22-17(11-26)23-25(18)16-8-7-12(20)9-14(16)19(27)13-5-3-4-6-15(13)21/h3-9,26H,10-11H2,1-2H3. The first-order chi connectivity index (χ1) is 12.9. The first-order valence-electron chi connectivity index (χ1n) is 8.20. The predicted octanol–water partition coefficient (Wildman–Crippen LogP) is 2.84. The molecule has 2 aromatic carbocycles. The number of hydrogen-bond donors (Lipinski definition) is 1. The summed E-state index contributed by atoms with van der Waals surface area (Å²) < 4.78 is 15.6. The van der Waals surface area contributed by atoms with Gasteiger partial charge in [0.1, 0.15) is 18.2 Å². The van der Waals surface area contributed by atoms with E-state index >= 15 is 0 Å². The predicted molar refractivity (Wildman–Crippen MR) is 99.5 cm³/mol. The third kappa shape index (κ3) is 4.05. The topological polar surface area (TPSA) is 71.2 Å². The van der Waals surface area contributed by atoms with E-state index in [-0.39, 0.29) is 23.6 Å². The van der Waals surface area contributed by atoms with Gasteiger partial charge in [-0.15, -0.1) is 5.10 Å². The molecule has 0 spiro atoms. The number of carbonyl (C=O) groups is 1. The zero-order valence-corrected chi connectivity index (χ0v) is 15.6. The van der Waals surface area contributed by atoms with Crippen LogP contribution in [0.3, 0.4) is 0 Å². The Hall–Kier alpha value is -2.61. The molecular weight excluding hydrogens is 371 g/mol. The van der Waals surface area contributed by atoms with Crippen LogP contribution >= 0.6 is 11.6 Å². The van der Waals surface area contributed by atoms with Crippen molar-refractivity contribution in [2.75, 3.05) is 14.1 Å². The molecule has 140 valence electrons. The van der Waals surface area contributed by atoms with Crippen LogP contribution in [-0.2, 0) is 13.2 Å². The number of ketones is 1. The van der Waals surface area contributed by atoms with Crippen molar-refractivity contribution in [3.63, 3.8) is 0 Å². The molecule has 0 unspecified atom stereocenters. The molecule has 3 aromatic rings. The minimum absolute atomic E-state index is 0.0577. The van der Waals surface area contributed by atoms with E-state index in [1.807, 2.05) is 19.0 Å². The summed E-state index contributed by atoms with van der Waals surface area (Å²) in [5.41, 5.74) is 0.552. The fourth-order valence-electron chi connectivity index (χ4n) is 2.70. The largest absolute Gasteiger partial charge is 0.388 e. The molecule has 0 atom stereocenters. The number of halogens is 2. The van der Waals surface area contributed by atoms with E-state index in [0.29, 0.717) is 23.1 Å². The van der Waals surface area contributed by atoms with Gasteiger partial charge in [0.05, 0.1) is 17.8 Å². The zero-order chi connectivity index (χ0) is 19.6. The lowest BCUT2D eigenvalue weighted by atomic mass is 10.0. The van der Waals surface area contributed by atoms with Crippen LogP contribution in [0.4, 0.5) is 4.39 Å². The van der Waals surface area contributed by atoms with Gasteiger partial charge < -0.3 is 10.0 Å². The van der Waals surface area contributed by atoms with E-state index in [4.69, 9.17) is 11.6 Å². The molecule has 0 saturated heterocycles. The SMILES string of the molecule is CN(C)Cc1nc(CO)nn1-c1ccc(Cl)cc1C(=O)c1ccccc1F. The molecule has 3 rings (SSSR count). The summed E-state index contributed by atoms with van der Waals surface area (Å²) in [4.78, 5) is 19.2. The number of benzene rings is 2. The van der Waals surface area contributed by atoms with Gasteiger partial charge in [-0.05, 0) is 44.4 Å². The van der Waals surface area contributed by atoms with Crippen molar-refractivity contribution in [2.45, 2.75) is 13.2 Å². The highest BCUT2D eigenvalue weighted by Gasteiger charge is 2.21. The molecular formula is C19H18ClFN4O2. The van der Waals surface area contributed by atoms with E-state index in [1.54, 1.807) is 18.2 Å². The number of rotatable bonds is 6. The molecule has 1 heterocycles. The number of aliphatic hydroxyl groups excluding tert-OH is 1. The molecule has 0 amide bonds. The number of carbonyl (C=O) groups excluding carboxylic acids is 1. The number of nitrogens with zero attached hydrogens (tertiary/aromatic N) is 4. The minimum atomic E-state index is -0.614. The van der Waals surface area contributed by atoms with Gasteiger partial charge in [-0.3, -0.25) is 4.79 Å². The van der Waals surface area contributed by atoms with Gasteiger partial charge in [0, 0.05) is 10.6 Å². The zero-order valence-electron chi connectivity index (χ0n) is 14.9. The summed E-state index contributed by atoms with van der Waals surface area (Å²) in [6, 6.07) is 10.5. The Balaban J connectivity index is 2.17. The van der Waals surface area contributed by atoms with E-state index in [0.717, 1.165) is 0 Å². The maximum absolute atomic E-state index is 14.1. The number of aromatic nitrogens is 3. The summed E-state index contributed by atoms with van der Waals surface area (Å²) in [7, 11) is 3.73. The number of aliphatic hydroxyl groups is 1. The van der Waals surface area contributed by atoms with Crippen molar-refractivity contribution in [1.29, 1.82) is 0 Å². The molecule has 8 heteroatoms. The van der Waals surface area contributed by atoms with Gasteiger partial charge >= 0.3 is 0 Å². The van der Waals surface area contributed by atoms with Crippen LogP contribution in [0.25, 0.3) is 5.69 Å². The molecule has 6 nitrogen and oxygen atoms in total. The van der Waals surface area contributed by atoms with Crippen LogP contribution in [-0.4, -0.2) is 44.6 Å². The first-order valence-corrected chi connectivity index (χ1v) is 8.58. The first kappa shape index (κ1) is 19.2. The van der Waals surface area contributed by atoms with Crippen molar-refractivity contribution < 1.29 is 14.3 Å². The van der Waals surface area contributed by atoms with E-state index in [9.17, 15) is 14.3 Å². The second-order valence-corrected chi connectivity index (χ2v) is 6.66. The lowest BCUT2D eigenvalue weighted by molar-refractivity contribution is 0.103. The average molecular weight is 389 g/mol. The molecule has 0 aliphatic rings. The van der Waals surface area contributed by atoms with Crippen LogP contribution in [0.15, 0.2) is 42.5 Å². The molecule has 1 aromatic heterocycles. The Bertz CT molecular complexity index is 988. The maximum atomic E-state index is 14.1. The highest BCUT2D eigenvalue weighted by molar-refractivity contribution is 6.31. The molecule has 1 N–H and O–H groups in total. The van der Waals surface area contributed by atoms with Crippen molar-refractivity contribution in [2.24, 2.45) is 0 Å². The monoisotopic (exact) mass is 388 g/mol. The van der Waals surface area contributed by atoms with Gasteiger partial charge in [-0.2, -0.15) is 0 Å². The van der Waals surface area contributed by atoms with Gasteiger partial charge in [0.2, 0.25) is 0 Å².